The molecule has 1 aromatic carbocycles. The standard InChI is InChI=1S/C15H22N2O4/c1-5-11(8-21-4)16-15(20)17-12-6-9(2)10(3)13(7-12)14(18)19/h6-7,11H,5,8H2,1-4H3,(H,18,19)(H2,16,17,20). The number of carbonyl (C=O) groups excluding carboxylic acids is 1. The molecular formula is C15H22N2O4. The molecule has 0 radical (unpaired) electrons. The summed E-state index contributed by atoms with van der Waals surface area (Å²) in [6.45, 7) is 5.93. The van der Waals surface area contributed by atoms with E-state index in [0.717, 1.165) is 12.0 Å². The summed E-state index contributed by atoms with van der Waals surface area (Å²) in [6.07, 6.45) is 0.745. The van der Waals surface area contributed by atoms with E-state index >= 15 is 0 Å². The van der Waals surface area contributed by atoms with E-state index in [1.54, 1.807) is 20.1 Å². The average molecular weight is 294 g/mol. The lowest BCUT2D eigenvalue weighted by molar-refractivity contribution is 0.0696. The molecule has 3 N–H and O–H groups in total. The lowest BCUT2D eigenvalue weighted by Crippen LogP contribution is -2.40. The molecule has 0 spiro atoms. The van der Waals surface area contributed by atoms with Crippen LogP contribution < -0.4 is 10.6 Å². The number of aromatic carboxylic acids is 1. The van der Waals surface area contributed by atoms with Gasteiger partial charge in [0.1, 0.15) is 0 Å². The first kappa shape index (κ1) is 17.0. The van der Waals surface area contributed by atoms with Crippen molar-refractivity contribution in [1.29, 1.82) is 0 Å². The number of carbonyl (C=O) groups is 2. The zero-order valence-electron chi connectivity index (χ0n) is 12.8. The van der Waals surface area contributed by atoms with Gasteiger partial charge in [0.25, 0.3) is 0 Å². The molecule has 0 fully saturated rings. The van der Waals surface area contributed by atoms with Crippen LogP contribution in [0, 0.1) is 13.8 Å². The lowest BCUT2D eigenvalue weighted by Gasteiger charge is -2.17. The van der Waals surface area contributed by atoms with Crippen LogP contribution in [0.1, 0.15) is 34.8 Å². The van der Waals surface area contributed by atoms with Crippen LogP contribution in [0.5, 0.6) is 0 Å². The highest BCUT2D eigenvalue weighted by molar-refractivity contribution is 5.94. The average Bonchev–Trinajstić information content (AvgIpc) is 2.41. The quantitative estimate of drug-likeness (QED) is 0.752. The molecule has 1 rings (SSSR count). The third-order valence-electron chi connectivity index (χ3n) is 3.35. The molecular weight excluding hydrogens is 272 g/mol. The Morgan fingerprint density at radius 1 is 1.33 bits per heavy atom. The fraction of sp³-hybridized carbons (Fsp3) is 0.467. The predicted molar refractivity (Wildman–Crippen MR) is 81.0 cm³/mol. The van der Waals surface area contributed by atoms with Crippen molar-refractivity contribution in [2.45, 2.75) is 33.2 Å². The van der Waals surface area contributed by atoms with Crippen LogP contribution in [-0.2, 0) is 4.74 Å². The third-order valence-corrected chi connectivity index (χ3v) is 3.35. The molecule has 116 valence electrons. The molecule has 0 bridgehead atoms. The maximum atomic E-state index is 11.9. The maximum absolute atomic E-state index is 11.9. The van der Waals surface area contributed by atoms with Gasteiger partial charge in [-0.15, -0.1) is 0 Å². The Hall–Kier alpha value is -2.08. The van der Waals surface area contributed by atoms with Crippen molar-refractivity contribution in [3.8, 4) is 0 Å². The number of carboxylic acids is 1. The minimum atomic E-state index is -1.01. The second kappa shape index (κ2) is 7.64. The van der Waals surface area contributed by atoms with Gasteiger partial charge < -0.3 is 20.5 Å². The highest BCUT2D eigenvalue weighted by atomic mass is 16.5. The number of ether oxygens (including phenoxy) is 1. The Labute approximate surface area is 124 Å². The van der Waals surface area contributed by atoms with E-state index in [1.165, 1.54) is 6.07 Å². The molecule has 2 amide bonds. The molecule has 0 aromatic heterocycles. The van der Waals surface area contributed by atoms with Gasteiger partial charge in [0.15, 0.2) is 0 Å². The van der Waals surface area contributed by atoms with Gasteiger partial charge in [-0.25, -0.2) is 9.59 Å². The molecule has 0 saturated carbocycles. The van der Waals surface area contributed by atoms with Gasteiger partial charge >= 0.3 is 12.0 Å². The number of hydrogen-bond acceptors (Lipinski definition) is 3. The number of urea groups is 1. The van der Waals surface area contributed by atoms with Crippen molar-refractivity contribution in [2.24, 2.45) is 0 Å². The molecule has 1 unspecified atom stereocenters. The first-order valence-electron chi connectivity index (χ1n) is 6.80. The minimum absolute atomic E-state index is 0.0829. The summed E-state index contributed by atoms with van der Waals surface area (Å²) in [5.74, 6) is -1.01. The number of amides is 2. The topological polar surface area (TPSA) is 87.7 Å². The van der Waals surface area contributed by atoms with E-state index < -0.39 is 5.97 Å². The number of methoxy groups -OCH3 is 1. The van der Waals surface area contributed by atoms with Gasteiger partial charge in [-0.2, -0.15) is 0 Å². The van der Waals surface area contributed by atoms with E-state index in [1.807, 2.05) is 13.8 Å². The van der Waals surface area contributed by atoms with E-state index in [9.17, 15) is 9.59 Å². The number of nitrogens with one attached hydrogen (secondary N) is 2. The predicted octanol–water partition coefficient (Wildman–Crippen LogP) is 2.55. The van der Waals surface area contributed by atoms with E-state index in [0.29, 0.717) is 17.9 Å². The second-order valence-electron chi connectivity index (χ2n) is 4.93. The number of benzene rings is 1. The van der Waals surface area contributed by atoms with E-state index in [-0.39, 0.29) is 17.6 Å². The monoisotopic (exact) mass is 294 g/mol. The number of rotatable bonds is 6. The van der Waals surface area contributed by atoms with Crippen molar-refractivity contribution in [3.63, 3.8) is 0 Å². The van der Waals surface area contributed by atoms with Gasteiger partial charge in [0.2, 0.25) is 0 Å². The third kappa shape index (κ3) is 4.75. The van der Waals surface area contributed by atoms with Crippen molar-refractivity contribution in [1.82, 2.24) is 5.32 Å². The summed E-state index contributed by atoms with van der Waals surface area (Å²) in [5, 5.41) is 14.6. The van der Waals surface area contributed by atoms with Crippen LogP contribution in [0.4, 0.5) is 10.5 Å². The Kier molecular flexibility index (Phi) is 6.17. The van der Waals surface area contributed by atoms with Crippen molar-refractivity contribution in [3.05, 3.63) is 28.8 Å². The largest absolute Gasteiger partial charge is 0.478 e. The second-order valence-corrected chi connectivity index (χ2v) is 4.93. The zero-order valence-corrected chi connectivity index (χ0v) is 12.8. The number of anilines is 1. The first-order valence-corrected chi connectivity index (χ1v) is 6.80. The van der Waals surface area contributed by atoms with Crippen LogP contribution in [-0.4, -0.2) is 36.9 Å². The summed E-state index contributed by atoms with van der Waals surface area (Å²) in [4.78, 5) is 23.1. The van der Waals surface area contributed by atoms with Crippen molar-refractivity contribution < 1.29 is 19.4 Å². The van der Waals surface area contributed by atoms with Crippen LogP contribution >= 0.6 is 0 Å². The molecule has 21 heavy (non-hydrogen) atoms. The van der Waals surface area contributed by atoms with Crippen LogP contribution in [0.15, 0.2) is 12.1 Å². The SMILES string of the molecule is CCC(COC)NC(=O)Nc1cc(C)c(C)c(C(=O)O)c1. The first-order chi connectivity index (χ1) is 9.88. The van der Waals surface area contributed by atoms with Gasteiger partial charge in [-0.1, -0.05) is 6.92 Å². The Morgan fingerprint density at radius 3 is 2.52 bits per heavy atom. The Bertz CT molecular complexity index is 529. The minimum Gasteiger partial charge on any atom is -0.478 e. The van der Waals surface area contributed by atoms with Crippen molar-refractivity contribution >= 4 is 17.7 Å². The van der Waals surface area contributed by atoms with Crippen molar-refractivity contribution in [2.75, 3.05) is 19.0 Å². The molecule has 6 nitrogen and oxygen atoms in total. The Morgan fingerprint density at radius 2 is 2.00 bits per heavy atom. The molecule has 0 aliphatic carbocycles. The van der Waals surface area contributed by atoms with Gasteiger partial charge in [-0.05, 0) is 43.5 Å². The van der Waals surface area contributed by atoms with Gasteiger partial charge in [-0.3, -0.25) is 0 Å². The van der Waals surface area contributed by atoms with Gasteiger partial charge in [0, 0.05) is 12.8 Å². The molecule has 6 heteroatoms. The van der Waals surface area contributed by atoms with E-state index in [4.69, 9.17) is 9.84 Å². The van der Waals surface area contributed by atoms with E-state index in [2.05, 4.69) is 10.6 Å². The zero-order chi connectivity index (χ0) is 16.0. The molecule has 0 heterocycles. The highest BCUT2D eigenvalue weighted by Crippen LogP contribution is 2.20. The summed E-state index contributed by atoms with van der Waals surface area (Å²) in [5.41, 5.74) is 2.16. The fourth-order valence-corrected chi connectivity index (χ4v) is 1.97. The lowest BCUT2D eigenvalue weighted by atomic mass is 10.0. The molecule has 1 aromatic rings. The normalized spacial score (nSPS) is 11.8. The fourth-order valence-electron chi connectivity index (χ4n) is 1.97. The van der Waals surface area contributed by atoms with Crippen LogP contribution in [0.3, 0.4) is 0 Å². The molecule has 0 aliphatic heterocycles. The van der Waals surface area contributed by atoms with Crippen LogP contribution in [0.2, 0.25) is 0 Å². The van der Waals surface area contributed by atoms with Gasteiger partial charge in [0.05, 0.1) is 18.2 Å². The molecule has 0 aliphatic rings. The molecule has 0 saturated heterocycles. The molecule has 1 atom stereocenters. The summed E-state index contributed by atoms with van der Waals surface area (Å²) in [7, 11) is 1.57. The smallest absolute Gasteiger partial charge is 0.336 e. The summed E-state index contributed by atoms with van der Waals surface area (Å²) in [6, 6.07) is 2.75. The number of carboxylic acid groups (broad SMARTS) is 1. The summed E-state index contributed by atoms with van der Waals surface area (Å²) < 4.78 is 5.01. The Balaban J connectivity index is 2.83. The highest BCUT2D eigenvalue weighted by Gasteiger charge is 2.14. The van der Waals surface area contributed by atoms with Crippen LogP contribution in [0.25, 0.3) is 0 Å². The summed E-state index contributed by atoms with van der Waals surface area (Å²) >= 11 is 0. The number of aryl methyl sites for hydroxylation is 1. The maximum Gasteiger partial charge on any atom is 0.336 e. The number of hydrogen-bond donors (Lipinski definition) is 3.